The minimum Gasteiger partial charge on any atom is -0.394 e. The third kappa shape index (κ3) is 6.26. The molecular formula is C24H25Cl2F2N7O. The highest BCUT2D eigenvalue weighted by atomic mass is 35.5. The number of anilines is 3. The zero-order valence-corrected chi connectivity index (χ0v) is 21.0. The van der Waals surface area contributed by atoms with Gasteiger partial charge in [-0.15, -0.1) is 0 Å². The summed E-state index contributed by atoms with van der Waals surface area (Å²) in [5, 5.41) is 25.9. The van der Waals surface area contributed by atoms with Gasteiger partial charge in [0.05, 0.1) is 47.1 Å². The van der Waals surface area contributed by atoms with Gasteiger partial charge in [-0.05, 0) is 49.7 Å². The molecule has 2 unspecified atom stereocenters. The molecule has 2 aromatic carbocycles. The molecule has 0 bridgehead atoms. The van der Waals surface area contributed by atoms with Crippen LogP contribution < -0.4 is 21.0 Å². The molecule has 0 saturated heterocycles. The Morgan fingerprint density at radius 1 is 1.17 bits per heavy atom. The van der Waals surface area contributed by atoms with Gasteiger partial charge >= 0.3 is 0 Å². The quantitative estimate of drug-likeness (QED) is 0.298. The zero-order chi connectivity index (χ0) is 25.8. The number of benzene rings is 2. The van der Waals surface area contributed by atoms with Crippen LogP contribution in [0.1, 0.15) is 24.1 Å². The van der Waals surface area contributed by atoms with Crippen molar-refractivity contribution in [3.8, 4) is 0 Å². The lowest BCUT2D eigenvalue weighted by atomic mass is 10.1. The summed E-state index contributed by atoms with van der Waals surface area (Å²) in [4.78, 5) is 8.85. The Morgan fingerprint density at radius 3 is 2.69 bits per heavy atom. The van der Waals surface area contributed by atoms with Gasteiger partial charge in [0.2, 0.25) is 5.95 Å². The Bertz CT molecular complexity index is 1260. The zero-order valence-electron chi connectivity index (χ0n) is 19.5. The SMILES string of the molecule is Cc1cnc(Nc2ccc(F)cc2Cl)nc1N1CC(NC(C)N[C@H](CO)c2ccc(F)c(Cl)c2)C=N1. The smallest absolute Gasteiger partial charge is 0.229 e. The van der Waals surface area contributed by atoms with Gasteiger partial charge in [-0.1, -0.05) is 29.3 Å². The van der Waals surface area contributed by atoms with Gasteiger partial charge in [-0.2, -0.15) is 10.1 Å². The first-order valence-corrected chi connectivity index (χ1v) is 11.9. The van der Waals surface area contributed by atoms with E-state index in [2.05, 4.69) is 31.0 Å². The van der Waals surface area contributed by atoms with Gasteiger partial charge in [-0.25, -0.2) is 18.8 Å². The summed E-state index contributed by atoms with van der Waals surface area (Å²) in [7, 11) is 0. The molecule has 12 heteroatoms. The van der Waals surface area contributed by atoms with Crippen molar-refractivity contribution < 1.29 is 13.9 Å². The molecule has 0 spiro atoms. The van der Waals surface area contributed by atoms with E-state index in [-0.39, 0.29) is 28.9 Å². The lowest BCUT2D eigenvalue weighted by Crippen LogP contribution is -2.49. The number of aryl methyl sites for hydroxylation is 1. The van der Waals surface area contributed by atoms with Gasteiger partial charge in [0, 0.05) is 18.0 Å². The number of hydrazone groups is 1. The molecule has 1 aromatic heterocycles. The van der Waals surface area contributed by atoms with Crippen molar-refractivity contribution in [2.75, 3.05) is 23.5 Å². The van der Waals surface area contributed by atoms with Crippen molar-refractivity contribution in [3.63, 3.8) is 0 Å². The third-order valence-electron chi connectivity index (χ3n) is 5.57. The standard InChI is InChI=1S/C24H25Cl2F2N7O/c1-13-9-29-24(33-21-6-4-16(27)8-19(21)26)34-23(13)35-11-17(10-30-35)31-14(2)32-22(12-36)15-3-5-20(28)18(25)7-15/h3-10,14,17,22,31-32,36H,11-12H2,1-2H3,(H,29,33,34)/t14?,17?,22-/m1/s1. The highest BCUT2D eigenvalue weighted by Gasteiger charge is 2.24. The monoisotopic (exact) mass is 535 g/mol. The largest absolute Gasteiger partial charge is 0.394 e. The molecule has 0 radical (unpaired) electrons. The van der Waals surface area contributed by atoms with E-state index in [0.29, 0.717) is 29.6 Å². The Labute approximate surface area is 217 Å². The summed E-state index contributed by atoms with van der Waals surface area (Å²) >= 11 is 12.0. The predicted molar refractivity (Wildman–Crippen MR) is 138 cm³/mol. The van der Waals surface area contributed by atoms with Crippen LogP contribution in [0.3, 0.4) is 0 Å². The second-order valence-electron chi connectivity index (χ2n) is 8.37. The molecule has 8 nitrogen and oxygen atoms in total. The molecule has 0 saturated carbocycles. The number of halogens is 4. The van der Waals surface area contributed by atoms with Crippen molar-refractivity contribution in [1.29, 1.82) is 0 Å². The molecule has 1 aliphatic heterocycles. The second-order valence-corrected chi connectivity index (χ2v) is 9.18. The minimum atomic E-state index is -0.510. The van der Waals surface area contributed by atoms with E-state index in [0.717, 1.165) is 5.56 Å². The van der Waals surface area contributed by atoms with Crippen LogP contribution in [0.4, 0.5) is 26.2 Å². The van der Waals surface area contributed by atoms with Gasteiger partial charge in [0.1, 0.15) is 11.6 Å². The number of nitrogens with zero attached hydrogens (tertiary/aromatic N) is 4. The molecule has 3 aromatic rings. The number of aliphatic hydroxyl groups is 1. The highest BCUT2D eigenvalue weighted by Crippen LogP contribution is 2.27. The molecule has 4 N–H and O–H groups in total. The van der Waals surface area contributed by atoms with Crippen LogP contribution in [0, 0.1) is 18.6 Å². The fraction of sp³-hybridized carbons (Fsp3) is 0.292. The number of hydrogen-bond donors (Lipinski definition) is 4. The van der Waals surface area contributed by atoms with E-state index in [1.807, 2.05) is 13.8 Å². The van der Waals surface area contributed by atoms with Crippen molar-refractivity contribution in [3.05, 3.63) is 75.4 Å². The molecule has 0 aliphatic carbocycles. The first-order valence-electron chi connectivity index (χ1n) is 11.2. The highest BCUT2D eigenvalue weighted by molar-refractivity contribution is 6.33. The molecule has 36 heavy (non-hydrogen) atoms. The first kappa shape index (κ1) is 26.2. The van der Waals surface area contributed by atoms with Crippen molar-refractivity contribution in [2.24, 2.45) is 5.10 Å². The van der Waals surface area contributed by atoms with Gasteiger partial charge in [-0.3, -0.25) is 10.6 Å². The number of rotatable bonds is 9. The summed E-state index contributed by atoms with van der Waals surface area (Å²) in [5.41, 5.74) is 1.98. The molecule has 1 aliphatic rings. The van der Waals surface area contributed by atoms with E-state index in [4.69, 9.17) is 23.2 Å². The van der Waals surface area contributed by atoms with Crippen LogP contribution in [0.5, 0.6) is 0 Å². The van der Waals surface area contributed by atoms with E-state index < -0.39 is 17.7 Å². The van der Waals surface area contributed by atoms with Gasteiger partial charge in [0.15, 0.2) is 5.82 Å². The molecule has 0 amide bonds. The first-order chi connectivity index (χ1) is 17.2. The minimum absolute atomic E-state index is 0.00251. The van der Waals surface area contributed by atoms with Gasteiger partial charge < -0.3 is 10.4 Å². The Kier molecular flexibility index (Phi) is 8.32. The second kappa shape index (κ2) is 11.4. The number of nitrogens with one attached hydrogen (secondary N) is 3. The number of hydrogen-bond acceptors (Lipinski definition) is 8. The predicted octanol–water partition coefficient (Wildman–Crippen LogP) is 4.55. The van der Waals surface area contributed by atoms with Crippen LogP contribution in [-0.4, -0.2) is 46.6 Å². The molecule has 2 heterocycles. The van der Waals surface area contributed by atoms with E-state index in [1.165, 1.54) is 30.3 Å². The maximum absolute atomic E-state index is 13.5. The lowest BCUT2D eigenvalue weighted by Gasteiger charge is -2.25. The molecule has 190 valence electrons. The van der Waals surface area contributed by atoms with Crippen LogP contribution >= 0.6 is 23.2 Å². The van der Waals surface area contributed by atoms with E-state index in [9.17, 15) is 13.9 Å². The molecular weight excluding hydrogens is 511 g/mol. The Balaban J connectivity index is 1.38. The van der Waals surface area contributed by atoms with Crippen LogP contribution in [-0.2, 0) is 0 Å². The normalized spacial score (nSPS) is 16.9. The van der Waals surface area contributed by atoms with Gasteiger partial charge in [0.25, 0.3) is 0 Å². The van der Waals surface area contributed by atoms with Crippen molar-refractivity contribution in [1.82, 2.24) is 20.6 Å². The summed E-state index contributed by atoms with van der Waals surface area (Å²) in [5.74, 6) is -0.0308. The number of aliphatic hydroxyl groups excluding tert-OH is 1. The lowest BCUT2D eigenvalue weighted by molar-refractivity contribution is 0.227. The summed E-state index contributed by atoms with van der Waals surface area (Å²) < 4.78 is 26.8. The maximum Gasteiger partial charge on any atom is 0.229 e. The molecule has 0 fully saturated rings. The Morgan fingerprint density at radius 2 is 1.97 bits per heavy atom. The third-order valence-corrected chi connectivity index (χ3v) is 6.17. The molecule has 4 rings (SSSR count). The van der Waals surface area contributed by atoms with Crippen molar-refractivity contribution >= 4 is 46.9 Å². The van der Waals surface area contributed by atoms with Crippen molar-refractivity contribution in [2.45, 2.75) is 32.1 Å². The van der Waals surface area contributed by atoms with E-state index in [1.54, 1.807) is 23.5 Å². The Hall–Kier alpha value is -2.89. The topological polar surface area (TPSA) is 97.7 Å². The van der Waals surface area contributed by atoms with Crippen LogP contribution in [0.2, 0.25) is 10.0 Å². The summed E-state index contributed by atoms with van der Waals surface area (Å²) in [6.07, 6.45) is 3.22. The fourth-order valence-electron chi connectivity index (χ4n) is 3.80. The molecule has 3 atom stereocenters. The summed E-state index contributed by atoms with van der Waals surface area (Å²) in [6.45, 7) is 4.11. The van der Waals surface area contributed by atoms with Crippen LogP contribution in [0.15, 0.2) is 47.7 Å². The van der Waals surface area contributed by atoms with Crippen LogP contribution in [0.25, 0.3) is 0 Å². The number of aromatic nitrogens is 2. The summed E-state index contributed by atoms with van der Waals surface area (Å²) in [6, 6.07) is 7.84. The maximum atomic E-state index is 13.5. The average molecular weight is 536 g/mol. The average Bonchev–Trinajstić information content (AvgIpc) is 3.30. The van der Waals surface area contributed by atoms with E-state index >= 15 is 0 Å². The fourth-order valence-corrected chi connectivity index (χ4v) is 4.20.